The molecule has 0 bridgehead atoms. The number of nitrogens with zero attached hydrogens (tertiary/aromatic N) is 5. The van der Waals surface area contributed by atoms with E-state index in [4.69, 9.17) is 0 Å². The highest BCUT2D eigenvalue weighted by Crippen LogP contribution is 2.12. The third kappa shape index (κ3) is 1.39. The maximum atomic E-state index is 12.4. The number of rotatable bonds is 1. The van der Waals surface area contributed by atoms with E-state index in [2.05, 4.69) is 31.6 Å². The summed E-state index contributed by atoms with van der Waals surface area (Å²) in [4.78, 5) is 0. The molecule has 58 valence electrons. The Balaban J connectivity index is 3.16. The Kier molecular flexibility index (Phi) is 1.95. The van der Waals surface area contributed by atoms with Gasteiger partial charge in [0.15, 0.2) is 0 Å². The second-order valence-electron chi connectivity index (χ2n) is 1.43. The molecule has 1 aromatic heterocycles. The van der Waals surface area contributed by atoms with Gasteiger partial charge in [-0.25, -0.2) is 0 Å². The van der Waals surface area contributed by atoms with Crippen LogP contribution in [-0.4, -0.2) is 15.4 Å². The van der Waals surface area contributed by atoms with Gasteiger partial charge in [-0.3, -0.25) is 0 Å². The summed E-state index contributed by atoms with van der Waals surface area (Å²) in [6, 6.07) is 0. The predicted octanol–water partition coefficient (Wildman–Crippen LogP) is 0.107. The quantitative estimate of drug-likeness (QED) is 0.358. The summed E-state index contributed by atoms with van der Waals surface area (Å²) in [6.45, 7) is 0. The summed E-state index contributed by atoms with van der Waals surface area (Å²) in [5, 5.41) is 14.2. The van der Waals surface area contributed by atoms with Crippen LogP contribution in [0.25, 0.3) is 0 Å². The first-order valence-corrected chi connectivity index (χ1v) is 2.41. The minimum absolute atomic E-state index is 0.625. The third-order valence-corrected chi connectivity index (χ3v) is 0.802. The molecule has 0 atom stereocenters. The highest BCUT2D eigenvalue weighted by Gasteiger charge is 2.10. The van der Waals surface area contributed by atoms with Crippen LogP contribution in [-0.2, 0) is 0 Å². The lowest BCUT2D eigenvalue weighted by atomic mass is 10.6. The van der Waals surface area contributed by atoms with Gasteiger partial charge in [0, 0.05) is 0 Å². The van der Waals surface area contributed by atoms with Gasteiger partial charge in [-0.2, -0.15) is 8.78 Å². The van der Waals surface area contributed by atoms with Gasteiger partial charge in [0.1, 0.15) is 0 Å². The number of nitrogens with two attached hydrogens (primary N) is 1. The van der Waals surface area contributed by atoms with Crippen LogP contribution in [0.4, 0.5) is 14.6 Å². The summed E-state index contributed by atoms with van der Waals surface area (Å²) >= 11 is 0. The molecular weight excluding hydrogens is 158 g/mol. The van der Waals surface area contributed by atoms with Crippen molar-refractivity contribution < 1.29 is 8.78 Å². The van der Waals surface area contributed by atoms with Gasteiger partial charge in [-0.15, -0.1) is 10.2 Å². The van der Waals surface area contributed by atoms with E-state index in [9.17, 15) is 8.78 Å². The molecule has 0 amide bonds. The molecule has 1 aromatic rings. The smallest absolute Gasteiger partial charge is 0.274 e. The first kappa shape index (κ1) is 7.38. The Morgan fingerprint density at radius 3 is 2.64 bits per heavy atom. The summed E-state index contributed by atoms with van der Waals surface area (Å²) in [6.07, 6.45) is 0. The van der Waals surface area contributed by atoms with Crippen LogP contribution in [0.3, 0.4) is 0 Å². The van der Waals surface area contributed by atoms with Crippen LogP contribution < -0.4 is 5.84 Å². The fourth-order valence-electron chi connectivity index (χ4n) is 0.403. The molecular formula is C3H2F2N6. The van der Waals surface area contributed by atoms with Crippen molar-refractivity contribution in [2.24, 2.45) is 16.2 Å². The molecule has 11 heavy (non-hydrogen) atoms. The van der Waals surface area contributed by atoms with E-state index in [-0.39, 0.29) is 0 Å². The van der Waals surface area contributed by atoms with Gasteiger partial charge >= 0.3 is 0 Å². The highest BCUT2D eigenvalue weighted by molar-refractivity contribution is 5.23. The lowest BCUT2D eigenvalue weighted by Crippen LogP contribution is -1.96. The van der Waals surface area contributed by atoms with Crippen LogP contribution in [0.15, 0.2) is 10.3 Å². The topological polar surface area (TPSA) is 89.4 Å². The monoisotopic (exact) mass is 160 g/mol. The highest BCUT2D eigenvalue weighted by atomic mass is 19.2. The van der Waals surface area contributed by atoms with Crippen molar-refractivity contribution in [2.45, 2.75) is 0 Å². The summed E-state index contributed by atoms with van der Waals surface area (Å²) in [5.41, 5.74) is 0. The molecule has 0 aromatic carbocycles. The molecule has 0 unspecified atom stereocenters. The number of halogens is 2. The van der Waals surface area contributed by atoms with Crippen LogP contribution in [0.2, 0.25) is 0 Å². The summed E-state index contributed by atoms with van der Waals surface area (Å²) < 4.78 is 24.6. The maximum absolute atomic E-state index is 12.4. The number of hydrogen-bond acceptors (Lipinski definition) is 5. The van der Waals surface area contributed by atoms with Crippen molar-refractivity contribution in [2.75, 3.05) is 0 Å². The van der Waals surface area contributed by atoms with Gasteiger partial charge in [0.05, 0.1) is 0 Å². The Morgan fingerprint density at radius 1 is 1.27 bits per heavy atom. The normalized spacial score (nSPS) is 10.7. The van der Waals surface area contributed by atoms with E-state index >= 15 is 0 Å². The van der Waals surface area contributed by atoms with Crippen LogP contribution in [0, 0.1) is 11.8 Å². The summed E-state index contributed by atoms with van der Waals surface area (Å²) in [5.74, 6) is 1.22. The van der Waals surface area contributed by atoms with Gasteiger partial charge in [0.25, 0.3) is 5.95 Å². The molecule has 0 fully saturated rings. The minimum atomic E-state index is -1.39. The zero-order valence-electron chi connectivity index (χ0n) is 5.07. The van der Waals surface area contributed by atoms with Crippen molar-refractivity contribution >= 4 is 5.82 Å². The van der Waals surface area contributed by atoms with Crippen molar-refractivity contribution in [3.05, 3.63) is 11.8 Å². The molecule has 0 spiro atoms. The van der Waals surface area contributed by atoms with Gasteiger partial charge < -0.3 is 5.84 Å². The molecule has 2 N–H and O–H groups in total. The average Bonchev–Trinajstić information content (AvgIpc) is 1.99. The molecule has 0 aliphatic rings. The van der Waals surface area contributed by atoms with E-state index in [1.807, 2.05) is 0 Å². The number of aromatic nitrogens is 3. The van der Waals surface area contributed by atoms with Crippen molar-refractivity contribution in [3.63, 3.8) is 0 Å². The first-order valence-electron chi connectivity index (χ1n) is 2.41. The van der Waals surface area contributed by atoms with Gasteiger partial charge in [-0.05, 0) is 5.21 Å². The molecule has 0 saturated carbocycles. The summed E-state index contributed by atoms with van der Waals surface area (Å²) in [7, 11) is 0. The lowest BCUT2D eigenvalue weighted by Gasteiger charge is -1.89. The number of hydrogen-bond donors (Lipinski definition) is 1. The van der Waals surface area contributed by atoms with Gasteiger partial charge in [0.2, 0.25) is 11.6 Å². The molecule has 1 heterocycles. The SMILES string of the molecule is NN=Nc1nnnc(F)c1F. The zero-order valence-corrected chi connectivity index (χ0v) is 5.07. The van der Waals surface area contributed by atoms with Crippen molar-refractivity contribution in [1.82, 2.24) is 15.4 Å². The minimum Gasteiger partial charge on any atom is -0.305 e. The Labute approximate surface area is 59.1 Å². The predicted molar refractivity (Wildman–Crippen MR) is 28.4 cm³/mol. The molecule has 0 saturated heterocycles. The average molecular weight is 160 g/mol. The molecule has 6 nitrogen and oxygen atoms in total. The Bertz CT molecular complexity index is 285. The molecule has 1 rings (SSSR count). The maximum Gasteiger partial charge on any atom is 0.274 e. The van der Waals surface area contributed by atoms with Crippen molar-refractivity contribution in [3.8, 4) is 0 Å². The largest absolute Gasteiger partial charge is 0.305 e. The molecule has 0 aliphatic heterocycles. The standard InChI is InChI=1S/C3H2F2N6/c4-1-2(5)7-11-9-3(1)8-10-6/h(H2,6,7,8,9). The van der Waals surface area contributed by atoms with Crippen LogP contribution in [0.5, 0.6) is 0 Å². The zero-order chi connectivity index (χ0) is 8.27. The molecule has 0 aliphatic carbocycles. The van der Waals surface area contributed by atoms with E-state index < -0.39 is 17.6 Å². The van der Waals surface area contributed by atoms with E-state index in [0.29, 0.717) is 0 Å². The fraction of sp³-hybridized carbons (Fsp3) is 0. The van der Waals surface area contributed by atoms with E-state index in [1.165, 1.54) is 0 Å². The van der Waals surface area contributed by atoms with Gasteiger partial charge in [-0.1, -0.05) is 10.3 Å². The van der Waals surface area contributed by atoms with Crippen LogP contribution >= 0.6 is 0 Å². The third-order valence-electron chi connectivity index (χ3n) is 0.802. The fourth-order valence-corrected chi connectivity index (χ4v) is 0.403. The van der Waals surface area contributed by atoms with Crippen LogP contribution in [0.1, 0.15) is 0 Å². The second kappa shape index (κ2) is 2.90. The second-order valence-corrected chi connectivity index (χ2v) is 1.43. The van der Waals surface area contributed by atoms with E-state index in [1.54, 1.807) is 0 Å². The van der Waals surface area contributed by atoms with E-state index in [0.717, 1.165) is 0 Å². The molecule has 8 heteroatoms. The Hall–Kier alpha value is -1.73. The lowest BCUT2D eigenvalue weighted by molar-refractivity contribution is 0.453. The van der Waals surface area contributed by atoms with Crippen molar-refractivity contribution in [1.29, 1.82) is 0 Å². The first-order chi connectivity index (χ1) is 5.25. The molecule has 0 radical (unpaired) electrons. The Morgan fingerprint density at radius 2 is 2.00 bits per heavy atom.